The van der Waals surface area contributed by atoms with Crippen LogP contribution < -0.4 is 10.5 Å². The van der Waals surface area contributed by atoms with Crippen molar-refractivity contribution in [2.24, 2.45) is 5.73 Å². The van der Waals surface area contributed by atoms with Crippen molar-refractivity contribution >= 4 is 0 Å². The first-order valence-corrected chi connectivity index (χ1v) is 8.75. The van der Waals surface area contributed by atoms with Gasteiger partial charge in [-0.05, 0) is 43.4 Å². The largest absolute Gasteiger partial charge is 0.494 e. The van der Waals surface area contributed by atoms with Crippen molar-refractivity contribution in [2.45, 2.75) is 70.8 Å². The second-order valence-corrected chi connectivity index (χ2v) is 6.28. The molecule has 0 saturated carbocycles. The molecule has 0 heterocycles. The van der Waals surface area contributed by atoms with Gasteiger partial charge in [0, 0.05) is 5.54 Å². The van der Waals surface area contributed by atoms with Gasteiger partial charge in [0.15, 0.2) is 0 Å². The zero-order chi connectivity index (χ0) is 16.3. The highest BCUT2D eigenvalue weighted by atomic mass is 16.5. The number of hydrogen-bond donors (Lipinski definition) is 2. The summed E-state index contributed by atoms with van der Waals surface area (Å²) in [5.41, 5.74) is 6.91. The predicted molar refractivity (Wildman–Crippen MR) is 93.3 cm³/mol. The van der Waals surface area contributed by atoms with Gasteiger partial charge in [0.2, 0.25) is 0 Å². The minimum absolute atomic E-state index is 0.0444. The van der Waals surface area contributed by atoms with E-state index in [0.717, 1.165) is 38.0 Å². The normalized spacial score (nSPS) is 13.8. The Hall–Kier alpha value is -1.06. The van der Waals surface area contributed by atoms with Gasteiger partial charge in [0.1, 0.15) is 5.75 Å². The molecule has 0 spiro atoms. The fourth-order valence-corrected chi connectivity index (χ4v) is 2.41. The molecule has 0 unspecified atom stereocenters. The van der Waals surface area contributed by atoms with Crippen LogP contribution in [0.4, 0.5) is 0 Å². The molecule has 1 rings (SSSR count). The lowest BCUT2D eigenvalue weighted by Gasteiger charge is -2.25. The smallest absolute Gasteiger partial charge is 0.119 e. The van der Waals surface area contributed by atoms with Crippen LogP contribution in [0.15, 0.2) is 24.3 Å². The third kappa shape index (κ3) is 7.28. The highest BCUT2D eigenvalue weighted by molar-refractivity contribution is 5.27. The van der Waals surface area contributed by atoms with E-state index in [4.69, 9.17) is 10.5 Å². The van der Waals surface area contributed by atoms with E-state index in [0.29, 0.717) is 0 Å². The molecule has 0 aliphatic heterocycles. The summed E-state index contributed by atoms with van der Waals surface area (Å²) in [6.45, 7) is 5.10. The Bertz CT molecular complexity index is 385. The molecule has 1 aromatic rings. The summed E-state index contributed by atoms with van der Waals surface area (Å²) in [5, 5.41) is 9.34. The minimum atomic E-state index is -0.451. The van der Waals surface area contributed by atoms with Crippen molar-refractivity contribution < 1.29 is 9.84 Å². The fourth-order valence-electron chi connectivity index (χ4n) is 2.41. The molecule has 126 valence electrons. The third-order valence-electron chi connectivity index (χ3n) is 4.37. The molecule has 1 atom stereocenters. The second-order valence-electron chi connectivity index (χ2n) is 6.28. The maximum Gasteiger partial charge on any atom is 0.119 e. The number of unbranched alkanes of at least 4 members (excludes halogenated alkanes) is 4. The van der Waals surface area contributed by atoms with Crippen LogP contribution in [0.25, 0.3) is 0 Å². The van der Waals surface area contributed by atoms with Crippen molar-refractivity contribution in [2.75, 3.05) is 13.2 Å². The molecule has 0 aliphatic rings. The molecule has 0 radical (unpaired) electrons. The van der Waals surface area contributed by atoms with Gasteiger partial charge in [0.05, 0.1) is 13.2 Å². The molecule has 1 aromatic carbocycles. The first-order valence-electron chi connectivity index (χ1n) is 8.75. The molecule has 3 nitrogen and oxygen atoms in total. The summed E-state index contributed by atoms with van der Waals surface area (Å²) in [6, 6.07) is 8.26. The van der Waals surface area contributed by atoms with Crippen LogP contribution in [0, 0.1) is 0 Å². The molecule has 22 heavy (non-hydrogen) atoms. The molecule has 0 aliphatic carbocycles. The van der Waals surface area contributed by atoms with Crippen LogP contribution in [0.1, 0.15) is 64.4 Å². The van der Waals surface area contributed by atoms with Gasteiger partial charge in [-0.1, -0.05) is 51.7 Å². The first-order chi connectivity index (χ1) is 10.6. The molecule has 0 amide bonds. The Morgan fingerprint density at radius 2 is 1.73 bits per heavy atom. The highest BCUT2D eigenvalue weighted by Gasteiger charge is 2.20. The Labute approximate surface area is 135 Å². The summed E-state index contributed by atoms with van der Waals surface area (Å²) >= 11 is 0. The van der Waals surface area contributed by atoms with Gasteiger partial charge in [0.25, 0.3) is 0 Å². The number of aryl methyl sites for hydroxylation is 1. The van der Waals surface area contributed by atoms with E-state index in [1.807, 2.05) is 19.1 Å². The Kier molecular flexibility index (Phi) is 9.17. The molecule has 0 aromatic heterocycles. The van der Waals surface area contributed by atoms with E-state index >= 15 is 0 Å². The number of aliphatic hydroxyl groups excluding tert-OH is 1. The van der Waals surface area contributed by atoms with Crippen molar-refractivity contribution in [3.05, 3.63) is 29.8 Å². The Morgan fingerprint density at radius 1 is 1.05 bits per heavy atom. The summed E-state index contributed by atoms with van der Waals surface area (Å²) in [6.07, 6.45) is 8.78. The lowest BCUT2D eigenvalue weighted by molar-refractivity contribution is 0.183. The summed E-state index contributed by atoms with van der Waals surface area (Å²) in [4.78, 5) is 0. The Balaban J connectivity index is 2.28. The molecule has 0 fully saturated rings. The van der Waals surface area contributed by atoms with Gasteiger partial charge in [-0.2, -0.15) is 0 Å². The number of hydrogen-bond acceptors (Lipinski definition) is 3. The predicted octanol–water partition coefficient (Wildman–Crippen LogP) is 4.07. The van der Waals surface area contributed by atoms with Crippen LogP contribution >= 0.6 is 0 Å². The van der Waals surface area contributed by atoms with E-state index in [-0.39, 0.29) is 6.61 Å². The van der Waals surface area contributed by atoms with Gasteiger partial charge in [-0.25, -0.2) is 0 Å². The summed E-state index contributed by atoms with van der Waals surface area (Å²) < 4.78 is 5.76. The molecule has 3 N–H and O–H groups in total. The van der Waals surface area contributed by atoms with E-state index in [2.05, 4.69) is 19.1 Å². The average molecular weight is 307 g/mol. The first kappa shape index (κ1) is 19.0. The van der Waals surface area contributed by atoms with Crippen molar-refractivity contribution in [3.63, 3.8) is 0 Å². The average Bonchev–Trinajstić information content (AvgIpc) is 2.57. The third-order valence-corrected chi connectivity index (χ3v) is 4.37. The van der Waals surface area contributed by atoms with Crippen LogP contribution in [0.2, 0.25) is 0 Å². The number of benzene rings is 1. The van der Waals surface area contributed by atoms with Crippen molar-refractivity contribution in [1.82, 2.24) is 0 Å². The standard InChI is InChI=1S/C19H33NO2/c1-3-5-6-7-8-15-22-18-11-9-17(10-12-18)13-14-19(20,4-2)16-21/h9-12,21H,3-8,13-16,20H2,1-2H3/t19-/m0/s1. The molecule has 3 heteroatoms. The summed E-state index contributed by atoms with van der Waals surface area (Å²) in [7, 11) is 0. The number of nitrogens with two attached hydrogens (primary N) is 1. The fraction of sp³-hybridized carbons (Fsp3) is 0.684. The zero-order valence-corrected chi connectivity index (χ0v) is 14.3. The topological polar surface area (TPSA) is 55.5 Å². The van der Waals surface area contributed by atoms with Crippen molar-refractivity contribution in [3.8, 4) is 5.75 Å². The number of rotatable bonds is 12. The lowest BCUT2D eigenvalue weighted by Crippen LogP contribution is -2.43. The van der Waals surface area contributed by atoms with Crippen LogP contribution in [-0.4, -0.2) is 23.9 Å². The zero-order valence-electron chi connectivity index (χ0n) is 14.3. The molecular weight excluding hydrogens is 274 g/mol. The lowest BCUT2D eigenvalue weighted by atomic mass is 9.90. The number of ether oxygens (including phenoxy) is 1. The van der Waals surface area contributed by atoms with Gasteiger partial charge >= 0.3 is 0 Å². The Morgan fingerprint density at radius 3 is 2.32 bits per heavy atom. The van der Waals surface area contributed by atoms with E-state index in [9.17, 15) is 5.11 Å². The molecule has 0 bridgehead atoms. The van der Waals surface area contributed by atoms with E-state index in [1.165, 1.54) is 31.2 Å². The quantitative estimate of drug-likeness (QED) is 0.572. The molecule has 0 saturated heterocycles. The van der Waals surface area contributed by atoms with Crippen molar-refractivity contribution in [1.29, 1.82) is 0 Å². The monoisotopic (exact) mass is 307 g/mol. The highest BCUT2D eigenvalue weighted by Crippen LogP contribution is 2.18. The number of aliphatic hydroxyl groups is 1. The van der Waals surface area contributed by atoms with Crippen LogP contribution in [0.3, 0.4) is 0 Å². The summed E-state index contributed by atoms with van der Waals surface area (Å²) in [5.74, 6) is 0.941. The van der Waals surface area contributed by atoms with Gasteiger partial charge < -0.3 is 15.6 Å². The maximum absolute atomic E-state index is 9.34. The van der Waals surface area contributed by atoms with Gasteiger partial charge in [-0.15, -0.1) is 0 Å². The van der Waals surface area contributed by atoms with E-state index < -0.39 is 5.54 Å². The minimum Gasteiger partial charge on any atom is -0.494 e. The SMILES string of the molecule is CCCCCCCOc1ccc(CC[C@@](N)(CC)CO)cc1. The molecular formula is C19H33NO2. The van der Waals surface area contributed by atoms with Crippen LogP contribution in [-0.2, 0) is 6.42 Å². The van der Waals surface area contributed by atoms with E-state index in [1.54, 1.807) is 0 Å². The maximum atomic E-state index is 9.34. The van der Waals surface area contributed by atoms with Crippen LogP contribution in [0.5, 0.6) is 5.75 Å². The van der Waals surface area contributed by atoms with Gasteiger partial charge in [-0.3, -0.25) is 0 Å². The second kappa shape index (κ2) is 10.6.